The average Bonchev–Trinajstić information content (AvgIpc) is 2.70. The van der Waals surface area contributed by atoms with E-state index >= 15 is 0 Å². The Hall–Kier alpha value is -3.80. The quantitative estimate of drug-likeness (QED) is 0.308. The Labute approximate surface area is 161 Å². The number of nitrogens with one attached hydrogen (secondary N) is 1. The topological polar surface area (TPSA) is 67.8 Å². The van der Waals surface area contributed by atoms with Crippen LogP contribution in [0.1, 0.15) is 21.5 Å². The van der Waals surface area contributed by atoms with Gasteiger partial charge in [0.15, 0.2) is 0 Å². The SMILES string of the molecule is O=C(Cc1ccccc1)NN=Cc1ccc(OC(=O)c2ccccc2F)cc1. The van der Waals surface area contributed by atoms with Crippen molar-refractivity contribution in [3.8, 4) is 5.75 Å². The highest BCUT2D eigenvalue weighted by Gasteiger charge is 2.13. The number of esters is 1. The molecule has 0 aliphatic carbocycles. The van der Waals surface area contributed by atoms with Crippen molar-refractivity contribution in [2.75, 3.05) is 0 Å². The third kappa shape index (κ3) is 5.35. The van der Waals surface area contributed by atoms with Crippen LogP contribution in [-0.2, 0) is 11.2 Å². The van der Waals surface area contributed by atoms with E-state index in [1.54, 1.807) is 30.3 Å². The minimum atomic E-state index is -0.771. The number of amides is 1. The summed E-state index contributed by atoms with van der Waals surface area (Å²) in [6.07, 6.45) is 1.72. The molecule has 0 aromatic heterocycles. The number of nitrogens with zero attached hydrogens (tertiary/aromatic N) is 1. The summed E-state index contributed by atoms with van der Waals surface area (Å²) < 4.78 is 18.7. The second-order valence-corrected chi connectivity index (χ2v) is 5.89. The van der Waals surface area contributed by atoms with E-state index in [1.165, 1.54) is 24.4 Å². The highest BCUT2D eigenvalue weighted by atomic mass is 19.1. The highest BCUT2D eigenvalue weighted by Crippen LogP contribution is 2.15. The lowest BCUT2D eigenvalue weighted by atomic mass is 10.1. The van der Waals surface area contributed by atoms with Gasteiger partial charge in [-0.05, 0) is 47.5 Å². The van der Waals surface area contributed by atoms with E-state index in [1.807, 2.05) is 30.3 Å². The van der Waals surface area contributed by atoms with E-state index in [9.17, 15) is 14.0 Å². The number of ether oxygens (including phenoxy) is 1. The molecule has 0 unspecified atom stereocenters. The number of rotatable bonds is 6. The van der Waals surface area contributed by atoms with Crippen molar-refractivity contribution in [1.29, 1.82) is 0 Å². The van der Waals surface area contributed by atoms with E-state index in [-0.39, 0.29) is 23.6 Å². The normalized spacial score (nSPS) is 10.6. The van der Waals surface area contributed by atoms with Crippen LogP contribution >= 0.6 is 0 Å². The van der Waals surface area contributed by atoms with Crippen molar-refractivity contribution < 1.29 is 18.7 Å². The Morgan fingerprint density at radius 1 is 0.929 bits per heavy atom. The summed E-state index contributed by atoms with van der Waals surface area (Å²) in [5, 5.41) is 3.91. The van der Waals surface area contributed by atoms with Crippen LogP contribution in [-0.4, -0.2) is 18.1 Å². The molecule has 0 saturated heterocycles. The number of hydrogen-bond donors (Lipinski definition) is 1. The van der Waals surface area contributed by atoms with Crippen LogP contribution in [0.15, 0.2) is 84.0 Å². The van der Waals surface area contributed by atoms with Crippen LogP contribution in [0.3, 0.4) is 0 Å². The van der Waals surface area contributed by atoms with Gasteiger partial charge in [0.25, 0.3) is 0 Å². The summed E-state index contributed by atoms with van der Waals surface area (Å²) in [7, 11) is 0. The van der Waals surface area contributed by atoms with Crippen LogP contribution in [0.2, 0.25) is 0 Å². The molecule has 3 aromatic rings. The number of halogens is 1. The molecule has 3 aromatic carbocycles. The first kappa shape index (κ1) is 19.0. The smallest absolute Gasteiger partial charge is 0.346 e. The lowest BCUT2D eigenvalue weighted by molar-refractivity contribution is -0.120. The van der Waals surface area contributed by atoms with Gasteiger partial charge in [-0.3, -0.25) is 4.79 Å². The van der Waals surface area contributed by atoms with Crippen molar-refractivity contribution >= 4 is 18.1 Å². The molecule has 0 heterocycles. The summed E-state index contributed by atoms with van der Waals surface area (Å²) in [5.41, 5.74) is 3.93. The predicted octanol–water partition coefficient (Wildman–Crippen LogP) is 3.74. The largest absolute Gasteiger partial charge is 0.423 e. The fourth-order valence-electron chi connectivity index (χ4n) is 2.41. The molecule has 140 valence electrons. The molecule has 0 spiro atoms. The number of carbonyl (C=O) groups is 2. The maximum Gasteiger partial charge on any atom is 0.346 e. The van der Waals surface area contributed by atoms with Crippen molar-refractivity contribution in [1.82, 2.24) is 5.43 Å². The van der Waals surface area contributed by atoms with Gasteiger partial charge >= 0.3 is 5.97 Å². The summed E-state index contributed by atoms with van der Waals surface area (Å²) in [4.78, 5) is 23.8. The first-order chi connectivity index (χ1) is 13.6. The van der Waals surface area contributed by atoms with Gasteiger partial charge in [0.2, 0.25) is 5.91 Å². The Balaban J connectivity index is 1.52. The van der Waals surface area contributed by atoms with Crippen molar-refractivity contribution in [2.45, 2.75) is 6.42 Å². The molecule has 0 aliphatic rings. The van der Waals surface area contributed by atoms with E-state index in [4.69, 9.17) is 4.74 Å². The molecule has 1 amide bonds. The Morgan fingerprint density at radius 3 is 2.32 bits per heavy atom. The minimum absolute atomic E-state index is 0.130. The summed E-state index contributed by atoms with van der Waals surface area (Å²) in [6, 6.07) is 21.4. The molecule has 0 aliphatic heterocycles. The zero-order chi connectivity index (χ0) is 19.8. The van der Waals surface area contributed by atoms with Crippen LogP contribution in [0.25, 0.3) is 0 Å². The average molecular weight is 376 g/mol. The van der Waals surface area contributed by atoms with Gasteiger partial charge in [-0.15, -0.1) is 0 Å². The third-order valence-corrected chi connectivity index (χ3v) is 3.79. The van der Waals surface area contributed by atoms with E-state index in [0.717, 1.165) is 5.56 Å². The lowest BCUT2D eigenvalue weighted by Crippen LogP contribution is -2.19. The van der Waals surface area contributed by atoms with Crippen LogP contribution in [0, 0.1) is 5.82 Å². The first-order valence-electron chi connectivity index (χ1n) is 8.54. The maximum absolute atomic E-state index is 13.6. The van der Waals surface area contributed by atoms with Crippen LogP contribution in [0.4, 0.5) is 4.39 Å². The summed E-state index contributed by atoms with van der Waals surface area (Å²) in [6.45, 7) is 0. The molecule has 3 rings (SSSR count). The maximum atomic E-state index is 13.6. The molecular formula is C22H17FN2O3. The van der Waals surface area contributed by atoms with Crippen molar-refractivity contribution in [3.63, 3.8) is 0 Å². The molecule has 6 heteroatoms. The molecule has 28 heavy (non-hydrogen) atoms. The monoisotopic (exact) mass is 376 g/mol. The van der Waals surface area contributed by atoms with Gasteiger partial charge in [-0.25, -0.2) is 14.6 Å². The van der Waals surface area contributed by atoms with Gasteiger partial charge in [0, 0.05) is 0 Å². The molecule has 0 radical (unpaired) electrons. The van der Waals surface area contributed by atoms with Gasteiger partial charge < -0.3 is 4.74 Å². The molecular weight excluding hydrogens is 359 g/mol. The lowest BCUT2D eigenvalue weighted by Gasteiger charge is -2.05. The number of hydrazone groups is 1. The van der Waals surface area contributed by atoms with Crippen LogP contribution < -0.4 is 10.2 Å². The standard InChI is InChI=1S/C22H17FN2O3/c23-20-9-5-4-8-19(20)22(27)28-18-12-10-17(11-13-18)15-24-25-21(26)14-16-6-2-1-3-7-16/h1-13,15H,14H2,(H,25,26). The first-order valence-corrected chi connectivity index (χ1v) is 8.54. The molecule has 1 N–H and O–H groups in total. The second-order valence-electron chi connectivity index (χ2n) is 5.89. The molecule has 0 atom stereocenters. The van der Waals surface area contributed by atoms with E-state index in [0.29, 0.717) is 5.56 Å². The molecule has 5 nitrogen and oxygen atoms in total. The van der Waals surface area contributed by atoms with E-state index < -0.39 is 11.8 Å². The van der Waals surface area contributed by atoms with Gasteiger partial charge in [0.1, 0.15) is 11.6 Å². The second kappa shape index (κ2) is 9.23. The fourth-order valence-corrected chi connectivity index (χ4v) is 2.41. The minimum Gasteiger partial charge on any atom is -0.423 e. The Kier molecular flexibility index (Phi) is 6.25. The Bertz CT molecular complexity index is 986. The summed E-state index contributed by atoms with van der Waals surface area (Å²) >= 11 is 0. The van der Waals surface area contributed by atoms with E-state index in [2.05, 4.69) is 10.5 Å². The fraction of sp³-hybridized carbons (Fsp3) is 0.0455. The highest BCUT2D eigenvalue weighted by molar-refractivity contribution is 5.91. The Morgan fingerprint density at radius 2 is 1.61 bits per heavy atom. The molecule has 0 bridgehead atoms. The predicted molar refractivity (Wildman–Crippen MR) is 104 cm³/mol. The molecule has 0 saturated carbocycles. The zero-order valence-corrected chi connectivity index (χ0v) is 14.8. The van der Waals surface area contributed by atoms with Gasteiger partial charge in [-0.2, -0.15) is 5.10 Å². The van der Waals surface area contributed by atoms with Gasteiger partial charge in [-0.1, -0.05) is 42.5 Å². The zero-order valence-electron chi connectivity index (χ0n) is 14.8. The summed E-state index contributed by atoms with van der Waals surface area (Å²) in [5.74, 6) is -1.36. The van der Waals surface area contributed by atoms with Gasteiger partial charge in [0.05, 0.1) is 18.2 Å². The number of benzene rings is 3. The van der Waals surface area contributed by atoms with Crippen molar-refractivity contribution in [3.05, 3.63) is 101 Å². The molecule has 0 fully saturated rings. The van der Waals surface area contributed by atoms with Crippen LogP contribution in [0.5, 0.6) is 5.75 Å². The third-order valence-electron chi connectivity index (χ3n) is 3.79. The number of hydrogen-bond acceptors (Lipinski definition) is 4. The van der Waals surface area contributed by atoms with Crippen molar-refractivity contribution in [2.24, 2.45) is 5.10 Å². The number of carbonyl (C=O) groups excluding carboxylic acids is 2.